The van der Waals surface area contributed by atoms with Crippen LogP contribution in [0.25, 0.3) is 91.0 Å². The highest BCUT2D eigenvalue weighted by Gasteiger charge is 2.22. The fraction of sp³-hybridized carbons (Fsp3) is 0.0714. The second kappa shape index (κ2) is 17.1. The summed E-state index contributed by atoms with van der Waals surface area (Å²) in [6, 6.07) is 62.0. The molecule has 0 aliphatic carbocycles. The minimum atomic E-state index is 0.532. The lowest BCUT2D eigenvalue weighted by atomic mass is 10.0. The van der Waals surface area contributed by atoms with Gasteiger partial charge >= 0.3 is 0 Å². The molecule has 0 saturated heterocycles. The van der Waals surface area contributed by atoms with Gasteiger partial charge in [-0.25, -0.2) is 29.9 Å². The van der Waals surface area contributed by atoms with E-state index in [9.17, 15) is 0 Å². The summed E-state index contributed by atoms with van der Waals surface area (Å²) < 4.78 is 2.33. The van der Waals surface area contributed by atoms with E-state index >= 15 is 0 Å². The average molecular weight is 814 g/mol. The maximum atomic E-state index is 5.26. The van der Waals surface area contributed by atoms with E-state index in [0.29, 0.717) is 34.9 Å². The number of allylic oxidation sites excluding steroid dienone is 1. The normalized spacial score (nSPS) is 11.4. The summed E-state index contributed by atoms with van der Waals surface area (Å²) >= 11 is 0. The SMILES string of the molecule is Cc1cc(C)cc(C/C=C\c2c(C)n(-c3ccc(-c4nc(-c5ccccc5)nc(-c5ccccc5)n4)cc3-c3nc(-c4ccccc4)nc(-c4ccccc4)n3)c3ccccc23)c1. The van der Waals surface area contributed by atoms with E-state index in [1.54, 1.807) is 0 Å². The molecule has 0 saturated carbocycles. The number of nitrogens with zero attached hydrogens (tertiary/aromatic N) is 7. The second-order valence-corrected chi connectivity index (χ2v) is 15.8. The van der Waals surface area contributed by atoms with Crippen LogP contribution >= 0.6 is 0 Å². The highest BCUT2D eigenvalue weighted by molar-refractivity contribution is 5.94. The van der Waals surface area contributed by atoms with E-state index in [1.165, 1.54) is 16.7 Å². The van der Waals surface area contributed by atoms with Gasteiger partial charge in [0, 0.05) is 50.0 Å². The van der Waals surface area contributed by atoms with Crippen molar-refractivity contribution in [3.05, 3.63) is 216 Å². The van der Waals surface area contributed by atoms with Gasteiger partial charge in [0.2, 0.25) is 0 Å². The zero-order chi connectivity index (χ0) is 42.7. The topological polar surface area (TPSA) is 82.3 Å². The fourth-order valence-electron chi connectivity index (χ4n) is 8.33. The summed E-state index contributed by atoms with van der Waals surface area (Å²) in [5.74, 6) is 3.42. The average Bonchev–Trinajstić information content (AvgIpc) is 3.61. The largest absolute Gasteiger partial charge is 0.313 e. The Labute approximate surface area is 367 Å². The third-order valence-corrected chi connectivity index (χ3v) is 11.2. The van der Waals surface area contributed by atoms with Crippen LogP contribution in [0.3, 0.4) is 0 Å². The van der Waals surface area contributed by atoms with Gasteiger partial charge in [-0.3, -0.25) is 0 Å². The maximum Gasteiger partial charge on any atom is 0.166 e. The molecule has 0 atom stereocenters. The molecular formula is C56H43N7. The van der Waals surface area contributed by atoms with Gasteiger partial charge in [-0.2, -0.15) is 0 Å². The Morgan fingerprint density at radius 3 is 1.33 bits per heavy atom. The van der Waals surface area contributed by atoms with Crippen molar-refractivity contribution in [1.29, 1.82) is 0 Å². The number of aryl methyl sites for hydroxylation is 2. The van der Waals surface area contributed by atoms with E-state index in [-0.39, 0.29) is 0 Å². The highest BCUT2D eigenvalue weighted by atomic mass is 15.1. The van der Waals surface area contributed by atoms with Crippen molar-refractivity contribution in [3.63, 3.8) is 0 Å². The van der Waals surface area contributed by atoms with Crippen molar-refractivity contribution in [1.82, 2.24) is 34.5 Å². The molecule has 0 fully saturated rings. The summed E-state index contributed by atoms with van der Waals surface area (Å²) in [4.78, 5) is 30.8. The molecule has 3 aromatic heterocycles. The van der Waals surface area contributed by atoms with E-state index in [4.69, 9.17) is 29.9 Å². The third-order valence-electron chi connectivity index (χ3n) is 11.2. The van der Waals surface area contributed by atoms with Gasteiger partial charge in [-0.05, 0) is 57.0 Å². The molecule has 0 aliphatic rings. The first-order valence-corrected chi connectivity index (χ1v) is 21.2. The van der Waals surface area contributed by atoms with Crippen LogP contribution in [0.2, 0.25) is 0 Å². The molecule has 0 N–H and O–H groups in total. The number of fused-ring (bicyclic) bond motifs is 1. The van der Waals surface area contributed by atoms with Crippen molar-refractivity contribution in [2.24, 2.45) is 0 Å². The molecule has 0 amide bonds. The lowest BCUT2D eigenvalue weighted by Crippen LogP contribution is -2.06. The van der Waals surface area contributed by atoms with E-state index < -0.39 is 0 Å². The molecule has 7 nitrogen and oxygen atoms in total. The molecule has 0 bridgehead atoms. The molecule has 0 unspecified atom stereocenters. The zero-order valence-electron chi connectivity index (χ0n) is 35.3. The number of hydrogen-bond donors (Lipinski definition) is 0. The van der Waals surface area contributed by atoms with Gasteiger partial charge in [0.1, 0.15) is 0 Å². The predicted octanol–water partition coefficient (Wildman–Crippen LogP) is 13.2. The first-order chi connectivity index (χ1) is 30.9. The van der Waals surface area contributed by atoms with Gasteiger partial charge < -0.3 is 4.57 Å². The van der Waals surface area contributed by atoms with Crippen molar-refractivity contribution in [2.45, 2.75) is 27.2 Å². The van der Waals surface area contributed by atoms with Crippen LogP contribution in [0.4, 0.5) is 0 Å². The van der Waals surface area contributed by atoms with Crippen LogP contribution in [0.1, 0.15) is 27.9 Å². The zero-order valence-corrected chi connectivity index (χ0v) is 35.3. The Morgan fingerprint density at radius 1 is 0.413 bits per heavy atom. The Bertz CT molecular complexity index is 3130. The third kappa shape index (κ3) is 8.08. The standard InChI is InChI=1S/C56H43N7/c1-37-33-38(2)35-40(34-37)19-18-29-46-39(3)63(49-30-17-16-28-47(46)49)50-32-31-45(55-59-51(41-20-8-4-9-21-41)57-52(60-55)42-22-10-5-11-23-42)36-48(50)56-61-53(43-24-12-6-13-25-43)58-54(62-56)44-26-14-7-15-27-44/h4-18,20-36H,19H2,1-3H3/b29-18-. The summed E-state index contributed by atoms with van der Waals surface area (Å²) in [6.45, 7) is 6.50. The minimum Gasteiger partial charge on any atom is -0.313 e. The predicted molar refractivity (Wildman–Crippen MR) is 256 cm³/mol. The monoisotopic (exact) mass is 813 g/mol. The van der Waals surface area contributed by atoms with Gasteiger partial charge in [-0.15, -0.1) is 0 Å². The molecule has 7 heteroatoms. The smallest absolute Gasteiger partial charge is 0.166 e. The molecular weight excluding hydrogens is 771 g/mol. The quantitative estimate of drug-likeness (QED) is 0.137. The highest BCUT2D eigenvalue weighted by Crippen LogP contribution is 2.38. The van der Waals surface area contributed by atoms with Gasteiger partial charge in [0.15, 0.2) is 34.9 Å². The van der Waals surface area contributed by atoms with Crippen LogP contribution in [-0.4, -0.2) is 34.5 Å². The number of para-hydroxylation sites is 1. The van der Waals surface area contributed by atoms with Crippen LogP contribution in [0, 0.1) is 20.8 Å². The molecule has 0 radical (unpaired) electrons. The second-order valence-electron chi connectivity index (χ2n) is 15.8. The lowest BCUT2D eigenvalue weighted by molar-refractivity contribution is 1.03. The molecule has 0 aliphatic heterocycles. The number of hydrogen-bond acceptors (Lipinski definition) is 6. The summed E-state index contributed by atoms with van der Waals surface area (Å²) in [5.41, 5.74) is 13.3. The molecule has 10 aromatic rings. The van der Waals surface area contributed by atoms with Crippen molar-refractivity contribution in [2.75, 3.05) is 0 Å². The number of aromatic nitrogens is 7. The Morgan fingerprint density at radius 2 is 0.841 bits per heavy atom. The molecule has 302 valence electrons. The maximum absolute atomic E-state index is 5.26. The molecule has 7 aromatic carbocycles. The van der Waals surface area contributed by atoms with Gasteiger partial charge in [0.25, 0.3) is 0 Å². The fourth-order valence-corrected chi connectivity index (χ4v) is 8.33. The summed E-state index contributed by atoms with van der Waals surface area (Å²) in [6.07, 6.45) is 5.38. The van der Waals surface area contributed by atoms with Crippen molar-refractivity contribution < 1.29 is 0 Å². The summed E-state index contributed by atoms with van der Waals surface area (Å²) in [5, 5.41) is 1.16. The first kappa shape index (κ1) is 39.0. The lowest BCUT2D eigenvalue weighted by Gasteiger charge is -2.17. The van der Waals surface area contributed by atoms with E-state index in [2.05, 4.69) is 98.2 Å². The Hall–Kier alpha value is -8.16. The van der Waals surface area contributed by atoms with Crippen molar-refractivity contribution in [3.8, 4) is 74.0 Å². The molecule has 10 rings (SSSR count). The van der Waals surface area contributed by atoms with E-state index in [0.717, 1.165) is 67.6 Å². The van der Waals surface area contributed by atoms with Crippen molar-refractivity contribution >= 4 is 17.0 Å². The van der Waals surface area contributed by atoms with E-state index in [1.807, 2.05) is 121 Å². The number of rotatable bonds is 10. The first-order valence-electron chi connectivity index (χ1n) is 21.2. The van der Waals surface area contributed by atoms with Crippen LogP contribution < -0.4 is 0 Å². The van der Waals surface area contributed by atoms with Crippen LogP contribution in [0.5, 0.6) is 0 Å². The van der Waals surface area contributed by atoms with Crippen LogP contribution in [-0.2, 0) is 6.42 Å². The Kier molecular flexibility index (Phi) is 10.6. The van der Waals surface area contributed by atoms with Gasteiger partial charge in [0.05, 0.1) is 11.2 Å². The van der Waals surface area contributed by atoms with Gasteiger partial charge in [-0.1, -0.05) is 181 Å². The number of benzene rings is 7. The minimum absolute atomic E-state index is 0.532. The molecule has 63 heavy (non-hydrogen) atoms. The summed E-state index contributed by atoms with van der Waals surface area (Å²) in [7, 11) is 0. The van der Waals surface area contributed by atoms with Crippen LogP contribution in [0.15, 0.2) is 188 Å². The molecule has 3 heterocycles. The Balaban J connectivity index is 1.21. The molecule has 0 spiro atoms.